The monoisotopic (exact) mass is 278 g/mol. The standard InChI is InChI=1S/C15H22N2OS/c1-17(2)14(13-7-8-19-11-13)10-16-15(18)9-12-5-3-4-6-12/h3,5,7-8,11-12,14H,4,6,9-10H2,1-2H3,(H,16,18)/t12-,14+/m1/s1. The van der Waals surface area contributed by atoms with Crippen LogP contribution in [0.1, 0.15) is 30.9 Å². The van der Waals surface area contributed by atoms with Crippen LogP contribution in [0, 0.1) is 5.92 Å². The summed E-state index contributed by atoms with van der Waals surface area (Å²) in [6.45, 7) is 0.680. The van der Waals surface area contributed by atoms with E-state index in [4.69, 9.17) is 0 Å². The minimum absolute atomic E-state index is 0.165. The summed E-state index contributed by atoms with van der Waals surface area (Å²) >= 11 is 1.70. The third-order valence-electron chi connectivity index (χ3n) is 3.60. The van der Waals surface area contributed by atoms with Crippen molar-refractivity contribution in [2.75, 3.05) is 20.6 Å². The summed E-state index contributed by atoms with van der Waals surface area (Å²) in [7, 11) is 4.10. The van der Waals surface area contributed by atoms with Crippen LogP contribution in [0.4, 0.5) is 0 Å². The van der Waals surface area contributed by atoms with Crippen molar-refractivity contribution in [3.63, 3.8) is 0 Å². The Labute approximate surface area is 119 Å². The van der Waals surface area contributed by atoms with Crippen LogP contribution >= 0.6 is 11.3 Å². The predicted octanol–water partition coefficient (Wildman–Crippen LogP) is 2.82. The van der Waals surface area contributed by atoms with E-state index >= 15 is 0 Å². The number of hydrogen-bond acceptors (Lipinski definition) is 3. The zero-order valence-corrected chi connectivity index (χ0v) is 12.5. The van der Waals surface area contributed by atoms with E-state index in [9.17, 15) is 4.79 Å². The van der Waals surface area contributed by atoms with Crippen molar-refractivity contribution >= 4 is 17.2 Å². The fraction of sp³-hybridized carbons (Fsp3) is 0.533. The third-order valence-corrected chi connectivity index (χ3v) is 4.31. The van der Waals surface area contributed by atoms with Crippen LogP contribution in [-0.4, -0.2) is 31.4 Å². The zero-order chi connectivity index (χ0) is 13.7. The Balaban J connectivity index is 1.81. The van der Waals surface area contributed by atoms with E-state index in [2.05, 4.69) is 39.2 Å². The molecule has 1 aliphatic carbocycles. The first-order valence-electron chi connectivity index (χ1n) is 6.78. The molecule has 0 spiro atoms. The van der Waals surface area contributed by atoms with Gasteiger partial charge in [-0.05, 0) is 55.2 Å². The van der Waals surface area contributed by atoms with E-state index in [1.54, 1.807) is 11.3 Å². The second kappa shape index (κ2) is 6.87. The minimum atomic E-state index is 0.165. The van der Waals surface area contributed by atoms with E-state index < -0.39 is 0 Å². The van der Waals surface area contributed by atoms with Gasteiger partial charge in [0, 0.05) is 13.0 Å². The Morgan fingerprint density at radius 3 is 3.00 bits per heavy atom. The lowest BCUT2D eigenvalue weighted by molar-refractivity contribution is -0.121. The molecule has 0 bridgehead atoms. The fourth-order valence-corrected chi connectivity index (χ4v) is 3.16. The van der Waals surface area contributed by atoms with Gasteiger partial charge in [0.15, 0.2) is 0 Å². The SMILES string of the molecule is CN(C)[C@@H](CNC(=O)C[C@@H]1C=CCC1)c1ccsc1. The normalized spacial score (nSPS) is 19.8. The smallest absolute Gasteiger partial charge is 0.220 e. The Morgan fingerprint density at radius 1 is 1.58 bits per heavy atom. The summed E-state index contributed by atoms with van der Waals surface area (Å²) in [5.41, 5.74) is 1.27. The maximum atomic E-state index is 11.9. The topological polar surface area (TPSA) is 32.3 Å². The van der Waals surface area contributed by atoms with Crippen LogP contribution in [0.5, 0.6) is 0 Å². The summed E-state index contributed by atoms with van der Waals surface area (Å²) in [6.07, 6.45) is 7.20. The molecule has 0 fully saturated rings. The van der Waals surface area contributed by atoms with Crippen molar-refractivity contribution < 1.29 is 4.79 Å². The van der Waals surface area contributed by atoms with Gasteiger partial charge in [-0.3, -0.25) is 4.79 Å². The van der Waals surface area contributed by atoms with Crippen LogP contribution in [0.2, 0.25) is 0 Å². The van der Waals surface area contributed by atoms with Gasteiger partial charge in [-0.15, -0.1) is 0 Å². The van der Waals surface area contributed by atoms with Crippen molar-refractivity contribution in [1.29, 1.82) is 0 Å². The number of amides is 1. The quantitative estimate of drug-likeness (QED) is 0.812. The summed E-state index contributed by atoms with van der Waals surface area (Å²) in [5, 5.41) is 7.30. The molecule has 1 heterocycles. The lowest BCUT2D eigenvalue weighted by Gasteiger charge is -2.24. The number of thiophene rings is 1. The average molecular weight is 278 g/mol. The highest BCUT2D eigenvalue weighted by Crippen LogP contribution is 2.22. The summed E-state index contributed by atoms with van der Waals surface area (Å²) in [6, 6.07) is 2.38. The number of carbonyl (C=O) groups is 1. The maximum Gasteiger partial charge on any atom is 0.220 e. The first-order valence-corrected chi connectivity index (χ1v) is 7.73. The molecule has 3 nitrogen and oxygen atoms in total. The molecule has 19 heavy (non-hydrogen) atoms. The predicted molar refractivity (Wildman–Crippen MR) is 80.2 cm³/mol. The van der Waals surface area contributed by atoms with Crippen molar-refractivity contribution in [2.24, 2.45) is 5.92 Å². The van der Waals surface area contributed by atoms with Gasteiger partial charge in [0.2, 0.25) is 5.91 Å². The van der Waals surface area contributed by atoms with Crippen LogP contribution in [0.3, 0.4) is 0 Å². The zero-order valence-electron chi connectivity index (χ0n) is 11.6. The largest absolute Gasteiger partial charge is 0.354 e. The van der Waals surface area contributed by atoms with Gasteiger partial charge >= 0.3 is 0 Å². The van der Waals surface area contributed by atoms with E-state index in [1.165, 1.54) is 5.56 Å². The molecule has 4 heteroatoms. The van der Waals surface area contributed by atoms with Gasteiger partial charge in [0.05, 0.1) is 6.04 Å². The molecule has 0 aliphatic heterocycles. The fourth-order valence-electron chi connectivity index (χ4n) is 2.45. The lowest BCUT2D eigenvalue weighted by atomic mass is 10.0. The van der Waals surface area contributed by atoms with Crippen molar-refractivity contribution in [2.45, 2.75) is 25.3 Å². The number of nitrogens with one attached hydrogen (secondary N) is 1. The van der Waals surface area contributed by atoms with Crippen molar-refractivity contribution in [3.8, 4) is 0 Å². The summed E-state index contributed by atoms with van der Waals surface area (Å²) in [4.78, 5) is 14.1. The molecule has 1 aromatic rings. The molecule has 0 radical (unpaired) electrons. The molecule has 1 aliphatic rings. The Hall–Kier alpha value is -1.13. The van der Waals surface area contributed by atoms with Gasteiger partial charge in [-0.25, -0.2) is 0 Å². The summed E-state index contributed by atoms with van der Waals surface area (Å²) < 4.78 is 0. The highest BCUT2D eigenvalue weighted by molar-refractivity contribution is 7.07. The molecular weight excluding hydrogens is 256 g/mol. The first kappa shape index (κ1) is 14.3. The molecule has 1 amide bonds. The number of hydrogen-bond donors (Lipinski definition) is 1. The second-order valence-corrected chi connectivity index (χ2v) is 6.09. The van der Waals surface area contributed by atoms with Gasteiger partial charge in [-0.2, -0.15) is 11.3 Å². The Morgan fingerprint density at radius 2 is 2.42 bits per heavy atom. The van der Waals surface area contributed by atoms with Crippen LogP contribution in [0.25, 0.3) is 0 Å². The van der Waals surface area contributed by atoms with Crippen molar-refractivity contribution in [1.82, 2.24) is 10.2 Å². The summed E-state index contributed by atoms with van der Waals surface area (Å²) in [5.74, 6) is 0.609. The number of likely N-dealkylation sites (N-methyl/N-ethyl adjacent to an activating group) is 1. The number of allylic oxidation sites excluding steroid dienone is 2. The van der Waals surface area contributed by atoms with Gasteiger partial charge < -0.3 is 10.2 Å². The highest BCUT2D eigenvalue weighted by Gasteiger charge is 2.18. The third kappa shape index (κ3) is 4.18. The molecule has 1 aromatic heterocycles. The number of rotatable bonds is 6. The first-order chi connectivity index (χ1) is 9.16. The average Bonchev–Trinajstić information content (AvgIpc) is 3.01. The molecule has 0 saturated carbocycles. The van der Waals surface area contributed by atoms with Crippen LogP contribution in [-0.2, 0) is 4.79 Å². The van der Waals surface area contributed by atoms with E-state index in [0.717, 1.165) is 12.8 Å². The van der Waals surface area contributed by atoms with Crippen LogP contribution in [0.15, 0.2) is 29.0 Å². The molecule has 0 unspecified atom stereocenters. The Kier molecular flexibility index (Phi) is 5.16. The lowest BCUT2D eigenvalue weighted by Crippen LogP contribution is -2.34. The molecule has 2 rings (SSSR count). The molecule has 104 valence electrons. The van der Waals surface area contributed by atoms with Gasteiger partial charge in [0.1, 0.15) is 0 Å². The number of nitrogens with zero attached hydrogens (tertiary/aromatic N) is 1. The second-order valence-electron chi connectivity index (χ2n) is 5.31. The maximum absolute atomic E-state index is 11.9. The molecular formula is C15H22N2OS. The van der Waals surface area contributed by atoms with E-state index in [1.807, 2.05) is 14.1 Å². The van der Waals surface area contributed by atoms with Gasteiger partial charge in [-0.1, -0.05) is 12.2 Å². The van der Waals surface area contributed by atoms with Crippen LogP contribution < -0.4 is 5.32 Å². The molecule has 1 N–H and O–H groups in total. The highest BCUT2D eigenvalue weighted by atomic mass is 32.1. The molecule has 2 atom stereocenters. The van der Waals surface area contributed by atoms with E-state index in [0.29, 0.717) is 18.9 Å². The van der Waals surface area contributed by atoms with Gasteiger partial charge in [0.25, 0.3) is 0 Å². The minimum Gasteiger partial charge on any atom is -0.354 e. The number of carbonyl (C=O) groups excluding carboxylic acids is 1. The molecule has 0 saturated heterocycles. The van der Waals surface area contributed by atoms with E-state index in [-0.39, 0.29) is 11.9 Å². The van der Waals surface area contributed by atoms with Crippen molar-refractivity contribution in [3.05, 3.63) is 34.5 Å². The Bertz CT molecular complexity index is 425. The molecule has 0 aromatic carbocycles.